The molecule has 4 aliphatic carbocycles. The van der Waals surface area contributed by atoms with Gasteiger partial charge in [0.1, 0.15) is 0 Å². The number of aryl methyl sites for hydroxylation is 2. The van der Waals surface area contributed by atoms with Gasteiger partial charge in [-0.3, -0.25) is 0 Å². The quantitative estimate of drug-likeness (QED) is 0.371. The van der Waals surface area contributed by atoms with Gasteiger partial charge in [-0.2, -0.15) is 0 Å². The maximum Gasteiger partial charge on any atom is 0.0194 e. The largest absolute Gasteiger partial charge is 0.0955 e. The van der Waals surface area contributed by atoms with Gasteiger partial charge in [-0.1, -0.05) is 95.3 Å². The average Bonchev–Trinajstić information content (AvgIpc) is 2.88. The summed E-state index contributed by atoms with van der Waals surface area (Å²) in [6, 6.07) is 9.59. The Morgan fingerprint density at radius 3 is 2.25 bits per heavy atom. The second-order valence-corrected chi connectivity index (χ2v) is 14.3. The predicted molar refractivity (Wildman–Crippen MR) is 174 cm³/mol. The topological polar surface area (TPSA) is 0 Å². The first-order chi connectivity index (χ1) is 18.8. The first kappa shape index (κ1) is 27.3. The highest BCUT2D eigenvalue weighted by Gasteiger charge is 2.62. The van der Waals surface area contributed by atoms with Crippen LogP contribution in [0.4, 0.5) is 0 Å². The van der Waals surface area contributed by atoms with Crippen LogP contribution in [0.1, 0.15) is 108 Å². The highest BCUT2D eigenvalue weighted by molar-refractivity contribution is 5.92. The molecule has 1 unspecified atom stereocenters. The molecule has 6 rings (SSSR count). The smallest absolute Gasteiger partial charge is 0.0194 e. The fourth-order valence-corrected chi connectivity index (χ4v) is 10.4. The number of rotatable bonds is 3. The summed E-state index contributed by atoms with van der Waals surface area (Å²) in [7, 11) is 0. The maximum absolute atomic E-state index is 4.92. The molecule has 0 radical (unpaired) electrons. The summed E-state index contributed by atoms with van der Waals surface area (Å²) in [6.45, 7) is 35.6. The second kappa shape index (κ2) is 8.58. The van der Waals surface area contributed by atoms with Crippen LogP contribution in [0.15, 0.2) is 77.4 Å². The average molecular weight is 529 g/mol. The highest BCUT2D eigenvalue weighted by Crippen LogP contribution is 2.73. The van der Waals surface area contributed by atoms with Gasteiger partial charge in [-0.05, 0) is 138 Å². The van der Waals surface area contributed by atoms with E-state index < -0.39 is 0 Å². The molecule has 0 heteroatoms. The summed E-state index contributed by atoms with van der Waals surface area (Å²) < 4.78 is 0. The van der Waals surface area contributed by atoms with Crippen molar-refractivity contribution in [2.45, 2.75) is 100 Å². The van der Waals surface area contributed by atoms with Crippen molar-refractivity contribution in [2.75, 3.05) is 0 Å². The zero-order valence-corrected chi connectivity index (χ0v) is 26.5. The molecule has 2 aromatic rings. The van der Waals surface area contributed by atoms with Crippen LogP contribution in [0.2, 0.25) is 0 Å². The van der Waals surface area contributed by atoms with Crippen molar-refractivity contribution in [3.05, 3.63) is 111 Å². The van der Waals surface area contributed by atoms with E-state index >= 15 is 0 Å². The van der Waals surface area contributed by atoms with Crippen molar-refractivity contribution in [3.8, 4) is 11.1 Å². The lowest BCUT2D eigenvalue weighted by Gasteiger charge is -2.64. The van der Waals surface area contributed by atoms with Crippen LogP contribution in [0, 0.1) is 23.2 Å². The molecule has 0 saturated heterocycles. The van der Waals surface area contributed by atoms with Crippen LogP contribution in [0.25, 0.3) is 16.7 Å². The van der Waals surface area contributed by atoms with E-state index in [1.807, 2.05) is 0 Å². The molecular formula is C40H48. The Balaban J connectivity index is 1.68. The van der Waals surface area contributed by atoms with E-state index in [-0.39, 0.29) is 16.2 Å². The van der Waals surface area contributed by atoms with Crippen molar-refractivity contribution in [3.63, 3.8) is 0 Å². The van der Waals surface area contributed by atoms with E-state index in [0.29, 0.717) is 5.92 Å². The van der Waals surface area contributed by atoms with E-state index in [2.05, 4.69) is 93.2 Å². The number of hydrogen-bond donors (Lipinski definition) is 0. The van der Waals surface area contributed by atoms with E-state index in [1.54, 1.807) is 16.7 Å². The monoisotopic (exact) mass is 528 g/mol. The number of hydrogen-bond acceptors (Lipinski definition) is 0. The van der Waals surface area contributed by atoms with Gasteiger partial charge >= 0.3 is 0 Å². The molecule has 2 aromatic carbocycles. The molecule has 0 bridgehead atoms. The molecule has 4 aliphatic rings. The highest BCUT2D eigenvalue weighted by atomic mass is 14.7. The molecule has 4 atom stereocenters. The summed E-state index contributed by atoms with van der Waals surface area (Å²) in [5, 5.41) is 0. The van der Waals surface area contributed by atoms with Crippen LogP contribution in [-0.2, 0) is 19.3 Å². The van der Waals surface area contributed by atoms with Crippen molar-refractivity contribution >= 4 is 5.57 Å². The minimum Gasteiger partial charge on any atom is -0.0955 e. The molecule has 0 aromatic heterocycles. The van der Waals surface area contributed by atoms with Gasteiger partial charge in [-0.25, -0.2) is 0 Å². The van der Waals surface area contributed by atoms with Crippen molar-refractivity contribution in [1.29, 1.82) is 0 Å². The Hall–Kier alpha value is -2.86. The Bertz CT molecular complexity index is 1620. The molecule has 0 heterocycles. The maximum atomic E-state index is 4.92. The van der Waals surface area contributed by atoms with E-state index in [1.165, 1.54) is 61.3 Å². The third kappa shape index (κ3) is 3.09. The van der Waals surface area contributed by atoms with E-state index in [4.69, 9.17) is 13.2 Å². The van der Waals surface area contributed by atoms with Gasteiger partial charge in [0.2, 0.25) is 0 Å². The molecule has 40 heavy (non-hydrogen) atoms. The lowest BCUT2D eigenvalue weighted by atomic mass is 9.39. The molecular weight excluding hydrogens is 480 g/mol. The minimum absolute atomic E-state index is 0.0111. The fourth-order valence-electron chi connectivity index (χ4n) is 10.4. The Morgan fingerprint density at radius 1 is 0.950 bits per heavy atom. The van der Waals surface area contributed by atoms with Gasteiger partial charge < -0.3 is 0 Å². The second-order valence-electron chi connectivity index (χ2n) is 14.3. The first-order valence-corrected chi connectivity index (χ1v) is 15.5. The SMILES string of the molecule is C=C(C)C1=C(C)C[C@@]2(C)C[C@]3(C)C(=C(C)[C@@]2(C)C1=C)C(=C)c1c(C)ccc2c1C3Cc1c-2ccc(CC)c1CC. The summed E-state index contributed by atoms with van der Waals surface area (Å²) in [5.74, 6) is 0.444. The van der Waals surface area contributed by atoms with E-state index in [0.717, 1.165) is 37.7 Å². The molecule has 0 fully saturated rings. The fraction of sp³-hybridized carbons (Fsp3) is 0.450. The Kier molecular flexibility index (Phi) is 5.86. The minimum atomic E-state index is -0.127. The van der Waals surface area contributed by atoms with Crippen LogP contribution in [0.3, 0.4) is 0 Å². The standard InChI is InChI=1S/C40H48/c1-13-28-16-18-30-31-17-15-23(5)35-25(7)37-27(9)40(12)26(8)34(22(3)4)24(6)20-38(40,10)21-39(37,11)33(36(31)35)19-32(30)29(28)14-2/h15-18,33H,3,7-8,13-14,19-21H2,1-2,4-6,9-12H3/t33?,38-,39-,40+/m0/s1. The Morgan fingerprint density at radius 2 is 1.62 bits per heavy atom. The van der Waals surface area contributed by atoms with E-state index in [9.17, 15) is 0 Å². The third-order valence-corrected chi connectivity index (χ3v) is 12.2. The van der Waals surface area contributed by atoms with Crippen molar-refractivity contribution < 1.29 is 0 Å². The molecule has 0 amide bonds. The number of benzene rings is 2. The third-order valence-electron chi connectivity index (χ3n) is 12.2. The van der Waals surface area contributed by atoms with Gasteiger partial charge in [0, 0.05) is 10.8 Å². The van der Waals surface area contributed by atoms with Crippen LogP contribution < -0.4 is 0 Å². The van der Waals surface area contributed by atoms with Crippen LogP contribution in [-0.4, -0.2) is 0 Å². The molecule has 0 aliphatic heterocycles. The number of allylic oxidation sites excluding steroid dienone is 7. The Labute approximate surface area is 243 Å². The van der Waals surface area contributed by atoms with Gasteiger partial charge in [0.25, 0.3) is 0 Å². The molecule has 0 spiro atoms. The van der Waals surface area contributed by atoms with Crippen LogP contribution in [0.5, 0.6) is 0 Å². The molecule has 208 valence electrons. The van der Waals surface area contributed by atoms with Crippen molar-refractivity contribution in [1.82, 2.24) is 0 Å². The number of fused-ring (bicyclic) bond motifs is 5. The van der Waals surface area contributed by atoms with Crippen molar-refractivity contribution in [2.24, 2.45) is 16.2 Å². The zero-order valence-electron chi connectivity index (χ0n) is 26.5. The first-order valence-electron chi connectivity index (χ1n) is 15.5. The molecule has 0 nitrogen and oxygen atoms in total. The summed E-state index contributed by atoms with van der Waals surface area (Å²) in [4.78, 5) is 0. The lowest BCUT2D eigenvalue weighted by Crippen LogP contribution is -2.54. The summed E-state index contributed by atoms with van der Waals surface area (Å²) in [6.07, 6.45) is 5.55. The molecule has 0 N–H and O–H groups in total. The molecule has 0 saturated carbocycles. The summed E-state index contributed by atoms with van der Waals surface area (Å²) >= 11 is 0. The van der Waals surface area contributed by atoms with Gasteiger partial charge in [0.05, 0.1) is 0 Å². The predicted octanol–water partition coefficient (Wildman–Crippen LogP) is 11.0. The summed E-state index contributed by atoms with van der Waals surface area (Å²) in [5.41, 5.74) is 21.4. The van der Waals surface area contributed by atoms with Gasteiger partial charge in [0.15, 0.2) is 0 Å². The van der Waals surface area contributed by atoms with Crippen LogP contribution >= 0.6 is 0 Å². The zero-order chi connectivity index (χ0) is 29.1. The normalized spacial score (nSPS) is 30.6. The van der Waals surface area contributed by atoms with Gasteiger partial charge in [-0.15, -0.1) is 0 Å². The lowest BCUT2D eigenvalue weighted by molar-refractivity contribution is 0.0416.